The number of para-hydroxylation sites is 2. The number of fused-ring (bicyclic) bond motifs is 1. The van der Waals surface area contributed by atoms with Crippen molar-refractivity contribution in [2.24, 2.45) is 0 Å². The Kier molecular flexibility index (Phi) is 5.57. The number of anilines is 1. The largest absolute Gasteiger partial charge is 0.477 e. The number of ether oxygens (including phenoxy) is 1. The van der Waals surface area contributed by atoms with Gasteiger partial charge >= 0.3 is 0 Å². The Morgan fingerprint density at radius 2 is 1.63 bits per heavy atom. The zero-order chi connectivity index (χ0) is 20.5. The summed E-state index contributed by atoms with van der Waals surface area (Å²) in [5.41, 5.74) is 0.927. The summed E-state index contributed by atoms with van der Waals surface area (Å²) in [7, 11) is 0. The van der Waals surface area contributed by atoms with Crippen LogP contribution in [0.4, 0.5) is 5.69 Å². The molecular formula is C24H33N3O3. The summed E-state index contributed by atoms with van der Waals surface area (Å²) in [6.45, 7) is 2.41. The van der Waals surface area contributed by atoms with Gasteiger partial charge in [0.15, 0.2) is 6.10 Å². The zero-order valence-corrected chi connectivity index (χ0v) is 17.8. The first-order valence-electron chi connectivity index (χ1n) is 11.8. The summed E-state index contributed by atoms with van der Waals surface area (Å²) >= 11 is 0. The summed E-state index contributed by atoms with van der Waals surface area (Å²) < 4.78 is 6.12. The molecule has 162 valence electrons. The molecule has 0 N–H and O–H groups in total. The van der Waals surface area contributed by atoms with Gasteiger partial charge in [-0.05, 0) is 57.1 Å². The van der Waals surface area contributed by atoms with Crippen molar-refractivity contribution in [3.63, 3.8) is 0 Å². The molecule has 30 heavy (non-hydrogen) atoms. The third-order valence-electron chi connectivity index (χ3n) is 7.08. The Morgan fingerprint density at radius 1 is 0.933 bits per heavy atom. The number of rotatable bonds is 5. The monoisotopic (exact) mass is 411 g/mol. The number of piperidine rings is 1. The number of carbonyl (C=O) groups excluding carboxylic acids is 2. The van der Waals surface area contributed by atoms with Crippen LogP contribution in [0, 0.1) is 0 Å². The lowest BCUT2D eigenvalue weighted by atomic mass is 10.1. The average Bonchev–Trinajstić information content (AvgIpc) is 3.46. The van der Waals surface area contributed by atoms with E-state index in [1.165, 1.54) is 19.3 Å². The molecule has 6 nitrogen and oxygen atoms in total. The molecule has 2 saturated carbocycles. The van der Waals surface area contributed by atoms with Crippen LogP contribution in [-0.2, 0) is 9.59 Å². The lowest BCUT2D eigenvalue weighted by Gasteiger charge is -2.39. The Morgan fingerprint density at radius 3 is 2.37 bits per heavy atom. The highest BCUT2D eigenvalue weighted by atomic mass is 16.5. The molecule has 0 aromatic heterocycles. The second-order valence-corrected chi connectivity index (χ2v) is 9.31. The highest BCUT2D eigenvalue weighted by Gasteiger charge is 2.40. The molecule has 1 atom stereocenters. The molecule has 1 aromatic carbocycles. The van der Waals surface area contributed by atoms with Crippen molar-refractivity contribution in [1.29, 1.82) is 0 Å². The van der Waals surface area contributed by atoms with E-state index in [1.807, 2.05) is 29.2 Å². The minimum absolute atomic E-state index is 0.0662. The maximum Gasteiger partial charge on any atom is 0.265 e. The number of carbonyl (C=O) groups is 2. The van der Waals surface area contributed by atoms with Crippen molar-refractivity contribution >= 4 is 17.5 Å². The third-order valence-corrected chi connectivity index (χ3v) is 7.08. The topological polar surface area (TPSA) is 53.1 Å². The molecule has 0 bridgehead atoms. The summed E-state index contributed by atoms with van der Waals surface area (Å²) in [5, 5.41) is 0. The van der Waals surface area contributed by atoms with E-state index >= 15 is 0 Å². The van der Waals surface area contributed by atoms with Gasteiger partial charge in [-0.1, -0.05) is 25.0 Å². The predicted molar refractivity (Wildman–Crippen MR) is 116 cm³/mol. The maximum absolute atomic E-state index is 13.4. The molecule has 3 fully saturated rings. The number of benzene rings is 1. The van der Waals surface area contributed by atoms with Gasteiger partial charge in [0.05, 0.1) is 18.8 Å². The van der Waals surface area contributed by atoms with E-state index in [0.29, 0.717) is 30.9 Å². The summed E-state index contributed by atoms with van der Waals surface area (Å²) in [6.07, 6.45) is 9.79. The van der Waals surface area contributed by atoms with Gasteiger partial charge in [-0.25, -0.2) is 0 Å². The van der Waals surface area contributed by atoms with Crippen molar-refractivity contribution < 1.29 is 14.3 Å². The van der Waals surface area contributed by atoms with Crippen LogP contribution in [-0.4, -0.2) is 66.0 Å². The van der Waals surface area contributed by atoms with Gasteiger partial charge in [0.2, 0.25) is 5.91 Å². The van der Waals surface area contributed by atoms with Crippen LogP contribution in [0.5, 0.6) is 5.75 Å². The zero-order valence-electron chi connectivity index (χ0n) is 17.8. The van der Waals surface area contributed by atoms with E-state index in [4.69, 9.17) is 4.74 Å². The normalized spacial score (nSPS) is 24.3. The quantitative estimate of drug-likeness (QED) is 0.747. The molecule has 1 saturated heterocycles. The lowest BCUT2D eigenvalue weighted by Crippen LogP contribution is -2.54. The third kappa shape index (κ3) is 4.01. The van der Waals surface area contributed by atoms with Gasteiger partial charge < -0.3 is 19.4 Å². The molecule has 2 heterocycles. The van der Waals surface area contributed by atoms with Gasteiger partial charge in [0.1, 0.15) is 5.75 Å². The number of hydrogen-bond acceptors (Lipinski definition) is 4. The second kappa shape index (κ2) is 8.48. The molecule has 0 spiro atoms. The van der Waals surface area contributed by atoms with Crippen LogP contribution in [0.25, 0.3) is 0 Å². The second-order valence-electron chi connectivity index (χ2n) is 9.31. The standard InChI is InChI=1S/C24H33N3O3/c28-23(27(19-12-13-19)18-8-2-3-9-18)17-26-16-22(24(29)25-14-6-1-7-15-25)30-21-11-5-4-10-20(21)26/h4-5,10-11,18-19,22H,1-3,6-9,12-17H2. The highest BCUT2D eigenvalue weighted by molar-refractivity contribution is 5.86. The van der Waals surface area contributed by atoms with Gasteiger partial charge in [-0.15, -0.1) is 0 Å². The minimum atomic E-state index is -0.536. The van der Waals surface area contributed by atoms with Crippen molar-refractivity contribution in [3.8, 4) is 5.75 Å². The fourth-order valence-corrected chi connectivity index (χ4v) is 5.39. The lowest BCUT2D eigenvalue weighted by molar-refractivity contribution is -0.140. The Hall–Kier alpha value is -2.24. The van der Waals surface area contributed by atoms with Crippen molar-refractivity contribution in [1.82, 2.24) is 9.80 Å². The first-order chi connectivity index (χ1) is 14.7. The molecule has 2 amide bonds. The molecular weight excluding hydrogens is 378 g/mol. The number of nitrogens with zero attached hydrogens (tertiary/aromatic N) is 3. The molecule has 1 aromatic rings. The molecule has 2 aliphatic carbocycles. The Bertz CT molecular complexity index is 782. The van der Waals surface area contributed by atoms with Gasteiger partial charge in [-0.3, -0.25) is 9.59 Å². The van der Waals surface area contributed by atoms with Crippen LogP contribution in [0.2, 0.25) is 0 Å². The van der Waals surface area contributed by atoms with Gasteiger partial charge in [0.25, 0.3) is 5.91 Å². The van der Waals surface area contributed by atoms with Gasteiger partial charge in [0, 0.05) is 25.2 Å². The van der Waals surface area contributed by atoms with Crippen molar-refractivity contribution in [2.75, 3.05) is 31.1 Å². The Labute approximate surface area is 179 Å². The van der Waals surface area contributed by atoms with Crippen LogP contribution in [0.3, 0.4) is 0 Å². The highest BCUT2D eigenvalue weighted by Crippen LogP contribution is 2.37. The molecule has 4 aliphatic rings. The summed E-state index contributed by atoms with van der Waals surface area (Å²) in [5.74, 6) is 0.993. The van der Waals surface area contributed by atoms with Crippen LogP contribution in [0.1, 0.15) is 57.8 Å². The fourth-order valence-electron chi connectivity index (χ4n) is 5.39. The van der Waals surface area contributed by atoms with E-state index in [2.05, 4.69) is 9.80 Å². The Balaban J connectivity index is 1.33. The smallest absolute Gasteiger partial charge is 0.265 e. The number of hydrogen-bond donors (Lipinski definition) is 0. The first-order valence-corrected chi connectivity index (χ1v) is 11.8. The fraction of sp³-hybridized carbons (Fsp3) is 0.667. The van der Waals surface area contributed by atoms with E-state index in [-0.39, 0.29) is 11.8 Å². The first kappa shape index (κ1) is 19.7. The van der Waals surface area contributed by atoms with Crippen molar-refractivity contribution in [3.05, 3.63) is 24.3 Å². The minimum Gasteiger partial charge on any atom is -0.477 e. The van der Waals surface area contributed by atoms with Gasteiger partial charge in [-0.2, -0.15) is 0 Å². The van der Waals surface area contributed by atoms with E-state index in [0.717, 1.165) is 57.3 Å². The SMILES string of the molecule is O=C(C1CN(CC(=O)N(C2CCCC2)C2CC2)c2ccccc2O1)N1CCCCC1. The van der Waals surface area contributed by atoms with Crippen molar-refractivity contribution in [2.45, 2.75) is 76.0 Å². The van der Waals surface area contributed by atoms with E-state index < -0.39 is 6.10 Å². The number of likely N-dealkylation sites (tertiary alicyclic amines) is 1. The maximum atomic E-state index is 13.4. The molecule has 1 unspecified atom stereocenters. The van der Waals surface area contributed by atoms with E-state index in [1.54, 1.807) is 0 Å². The van der Waals surface area contributed by atoms with Crippen LogP contribution >= 0.6 is 0 Å². The predicted octanol–water partition coefficient (Wildman–Crippen LogP) is 3.20. The molecule has 2 aliphatic heterocycles. The molecule has 6 heteroatoms. The van der Waals surface area contributed by atoms with Crippen LogP contribution < -0.4 is 9.64 Å². The summed E-state index contributed by atoms with van der Waals surface area (Å²) in [6, 6.07) is 8.66. The average molecular weight is 412 g/mol. The summed E-state index contributed by atoms with van der Waals surface area (Å²) in [4.78, 5) is 32.8. The number of amides is 2. The van der Waals surface area contributed by atoms with Crippen LogP contribution in [0.15, 0.2) is 24.3 Å². The molecule has 0 radical (unpaired) electrons. The molecule has 5 rings (SSSR count). The van der Waals surface area contributed by atoms with E-state index in [9.17, 15) is 9.59 Å².